The lowest BCUT2D eigenvalue weighted by molar-refractivity contribution is 0.102. The predicted molar refractivity (Wildman–Crippen MR) is 79.7 cm³/mol. The highest BCUT2D eigenvalue weighted by Crippen LogP contribution is 2.18. The molecule has 0 radical (unpaired) electrons. The highest BCUT2D eigenvalue weighted by molar-refractivity contribution is 7.97. The van der Waals surface area contributed by atoms with E-state index in [2.05, 4.69) is 15.5 Å². The summed E-state index contributed by atoms with van der Waals surface area (Å²) >= 11 is 1.74. The summed E-state index contributed by atoms with van der Waals surface area (Å²) < 4.78 is 0. The summed E-state index contributed by atoms with van der Waals surface area (Å²) in [5.74, 6) is 0.806. The monoisotopic (exact) mass is 275 g/mol. The number of aromatic amines is 1. The van der Waals surface area contributed by atoms with Crippen molar-refractivity contribution >= 4 is 23.4 Å². The lowest BCUT2D eigenvalue weighted by Gasteiger charge is -2.06. The van der Waals surface area contributed by atoms with Crippen LogP contribution in [0.3, 0.4) is 0 Å². The number of aryl methyl sites for hydroxylation is 2. The molecule has 0 atom stereocenters. The smallest absolute Gasteiger partial charge is 0.255 e. The Labute approximate surface area is 117 Å². The van der Waals surface area contributed by atoms with Crippen LogP contribution in [0.5, 0.6) is 0 Å². The number of carbonyl (C=O) groups excluding carboxylic acids is 1. The number of nitrogens with zero attached hydrogens (tertiary/aromatic N) is 1. The number of benzene rings is 1. The highest BCUT2D eigenvalue weighted by Gasteiger charge is 2.12. The maximum Gasteiger partial charge on any atom is 0.255 e. The summed E-state index contributed by atoms with van der Waals surface area (Å²) in [7, 11) is 0. The van der Waals surface area contributed by atoms with E-state index in [1.165, 1.54) is 0 Å². The van der Waals surface area contributed by atoms with Crippen LogP contribution in [0.1, 0.15) is 27.3 Å². The maximum atomic E-state index is 12.2. The second-order valence-electron chi connectivity index (χ2n) is 4.40. The second-order valence-corrected chi connectivity index (χ2v) is 5.26. The average Bonchev–Trinajstić information content (AvgIpc) is 2.71. The lowest BCUT2D eigenvalue weighted by Crippen LogP contribution is -2.13. The molecule has 0 bridgehead atoms. The number of nitrogens with one attached hydrogen (secondary N) is 2. The second kappa shape index (κ2) is 5.93. The van der Waals surface area contributed by atoms with E-state index in [4.69, 9.17) is 0 Å². The fourth-order valence-electron chi connectivity index (χ4n) is 1.89. The van der Waals surface area contributed by atoms with Crippen molar-refractivity contribution in [3.05, 3.63) is 46.8 Å². The summed E-state index contributed by atoms with van der Waals surface area (Å²) in [6.07, 6.45) is 2.05. The number of anilines is 1. The van der Waals surface area contributed by atoms with Gasteiger partial charge in [-0.25, -0.2) is 0 Å². The van der Waals surface area contributed by atoms with E-state index < -0.39 is 0 Å². The Balaban J connectivity index is 2.18. The Bertz CT molecular complexity index is 573. The number of thioether (sulfide) groups is 1. The Kier molecular flexibility index (Phi) is 4.27. The van der Waals surface area contributed by atoms with Crippen molar-refractivity contribution in [2.24, 2.45) is 0 Å². The largest absolute Gasteiger partial charge is 0.319 e. The van der Waals surface area contributed by atoms with Crippen LogP contribution in [-0.2, 0) is 5.75 Å². The molecule has 2 rings (SSSR count). The molecule has 0 aliphatic carbocycles. The van der Waals surface area contributed by atoms with Gasteiger partial charge in [0.2, 0.25) is 0 Å². The van der Waals surface area contributed by atoms with E-state index in [9.17, 15) is 4.79 Å². The van der Waals surface area contributed by atoms with Gasteiger partial charge in [0.05, 0.1) is 17.1 Å². The first kappa shape index (κ1) is 13.7. The van der Waals surface area contributed by atoms with Crippen molar-refractivity contribution in [1.82, 2.24) is 10.2 Å². The first-order valence-electron chi connectivity index (χ1n) is 6.02. The van der Waals surface area contributed by atoms with Crippen molar-refractivity contribution in [1.29, 1.82) is 0 Å². The van der Waals surface area contributed by atoms with Crippen LogP contribution in [0.25, 0.3) is 0 Å². The van der Waals surface area contributed by atoms with Gasteiger partial charge in [-0.3, -0.25) is 9.89 Å². The minimum Gasteiger partial charge on any atom is -0.319 e. The number of rotatable bonds is 4. The quantitative estimate of drug-likeness (QED) is 0.901. The van der Waals surface area contributed by atoms with Gasteiger partial charge in [0.1, 0.15) is 0 Å². The van der Waals surface area contributed by atoms with E-state index in [0.717, 1.165) is 28.4 Å². The molecule has 0 unspecified atom stereocenters. The zero-order valence-corrected chi connectivity index (χ0v) is 12.1. The molecule has 19 heavy (non-hydrogen) atoms. The standard InChI is InChI=1S/C14H17N3OS/c1-9-13(10(2)17-16-9)15-14(18)12-6-4-5-11(7-12)8-19-3/h4-7H,8H2,1-3H3,(H,15,18)(H,16,17). The van der Waals surface area contributed by atoms with Gasteiger partial charge in [-0.1, -0.05) is 12.1 Å². The Morgan fingerprint density at radius 1 is 1.42 bits per heavy atom. The topological polar surface area (TPSA) is 57.8 Å². The van der Waals surface area contributed by atoms with Gasteiger partial charge in [-0.05, 0) is 37.8 Å². The minimum atomic E-state index is -0.101. The fourth-order valence-corrected chi connectivity index (χ4v) is 2.40. The highest BCUT2D eigenvalue weighted by atomic mass is 32.2. The van der Waals surface area contributed by atoms with E-state index in [1.54, 1.807) is 11.8 Å². The Morgan fingerprint density at radius 2 is 2.21 bits per heavy atom. The van der Waals surface area contributed by atoms with Gasteiger partial charge in [-0.2, -0.15) is 16.9 Å². The third-order valence-corrected chi connectivity index (χ3v) is 3.49. The number of aromatic nitrogens is 2. The van der Waals surface area contributed by atoms with Gasteiger partial charge in [0.15, 0.2) is 0 Å². The molecule has 1 aromatic heterocycles. The van der Waals surface area contributed by atoms with Crippen molar-refractivity contribution in [3.63, 3.8) is 0 Å². The van der Waals surface area contributed by atoms with Crippen LogP contribution < -0.4 is 5.32 Å². The summed E-state index contributed by atoms with van der Waals surface area (Å²) in [6.45, 7) is 3.75. The third kappa shape index (κ3) is 3.17. The third-order valence-electron chi connectivity index (χ3n) is 2.87. The molecule has 0 fully saturated rings. The molecule has 4 nitrogen and oxygen atoms in total. The van der Waals surface area contributed by atoms with Crippen molar-refractivity contribution in [2.45, 2.75) is 19.6 Å². The van der Waals surface area contributed by atoms with Crippen LogP contribution in [0.15, 0.2) is 24.3 Å². The van der Waals surface area contributed by atoms with Crippen molar-refractivity contribution in [2.75, 3.05) is 11.6 Å². The van der Waals surface area contributed by atoms with Crippen LogP contribution in [0, 0.1) is 13.8 Å². The summed E-state index contributed by atoms with van der Waals surface area (Å²) in [5, 5.41) is 9.83. The minimum absolute atomic E-state index is 0.101. The van der Waals surface area contributed by atoms with Crippen LogP contribution >= 0.6 is 11.8 Å². The molecular formula is C14H17N3OS. The van der Waals surface area contributed by atoms with E-state index in [0.29, 0.717) is 5.56 Å². The predicted octanol–water partition coefficient (Wildman–Crippen LogP) is 3.14. The Morgan fingerprint density at radius 3 is 2.84 bits per heavy atom. The molecule has 2 N–H and O–H groups in total. The van der Waals surface area contributed by atoms with Gasteiger partial charge in [0.25, 0.3) is 5.91 Å². The fraction of sp³-hybridized carbons (Fsp3) is 0.286. The SMILES string of the molecule is CSCc1cccc(C(=O)Nc2c(C)n[nH]c2C)c1. The molecule has 5 heteroatoms. The molecule has 0 saturated carbocycles. The number of carbonyl (C=O) groups is 1. The molecule has 0 aliphatic rings. The molecule has 0 spiro atoms. The maximum absolute atomic E-state index is 12.2. The number of amides is 1. The normalized spacial score (nSPS) is 10.5. The van der Waals surface area contributed by atoms with Crippen LogP contribution in [-0.4, -0.2) is 22.4 Å². The molecule has 0 saturated heterocycles. The molecular weight excluding hydrogens is 258 g/mol. The first-order chi connectivity index (χ1) is 9.11. The van der Waals surface area contributed by atoms with Crippen molar-refractivity contribution in [3.8, 4) is 0 Å². The van der Waals surface area contributed by atoms with E-state index in [1.807, 2.05) is 44.4 Å². The van der Waals surface area contributed by atoms with Gasteiger partial charge in [-0.15, -0.1) is 0 Å². The molecule has 1 aromatic carbocycles. The first-order valence-corrected chi connectivity index (χ1v) is 7.42. The van der Waals surface area contributed by atoms with Gasteiger partial charge >= 0.3 is 0 Å². The summed E-state index contributed by atoms with van der Waals surface area (Å²) in [6, 6.07) is 7.69. The summed E-state index contributed by atoms with van der Waals surface area (Å²) in [5.41, 5.74) is 4.25. The van der Waals surface area contributed by atoms with Crippen LogP contribution in [0.4, 0.5) is 5.69 Å². The zero-order valence-electron chi connectivity index (χ0n) is 11.3. The molecule has 2 aromatic rings. The molecule has 1 heterocycles. The Hall–Kier alpha value is -1.75. The zero-order chi connectivity index (χ0) is 13.8. The molecule has 0 aliphatic heterocycles. The number of hydrogen-bond acceptors (Lipinski definition) is 3. The summed E-state index contributed by atoms with van der Waals surface area (Å²) in [4.78, 5) is 12.2. The van der Waals surface area contributed by atoms with Gasteiger partial charge < -0.3 is 5.32 Å². The van der Waals surface area contributed by atoms with E-state index in [-0.39, 0.29) is 5.91 Å². The van der Waals surface area contributed by atoms with E-state index >= 15 is 0 Å². The number of H-pyrrole nitrogens is 1. The molecule has 100 valence electrons. The average molecular weight is 275 g/mol. The lowest BCUT2D eigenvalue weighted by atomic mass is 10.1. The number of hydrogen-bond donors (Lipinski definition) is 2. The van der Waals surface area contributed by atoms with Crippen LogP contribution in [0.2, 0.25) is 0 Å². The van der Waals surface area contributed by atoms with Gasteiger partial charge in [0, 0.05) is 11.3 Å². The van der Waals surface area contributed by atoms with Crippen molar-refractivity contribution < 1.29 is 4.79 Å². The molecule has 1 amide bonds.